The molecule has 2 aromatic heterocycles. The Labute approximate surface area is 172 Å². The summed E-state index contributed by atoms with van der Waals surface area (Å²) in [5.41, 5.74) is 4.84. The number of carbonyl (C=O) groups is 1. The number of carbonyl (C=O) groups excluding carboxylic acids is 1. The number of anilines is 2. The van der Waals surface area contributed by atoms with E-state index in [1.54, 1.807) is 23.1 Å². The summed E-state index contributed by atoms with van der Waals surface area (Å²) in [7, 11) is 0. The van der Waals surface area contributed by atoms with Crippen LogP contribution in [0, 0.1) is 0 Å². The van der Waals surface area contributed by atoms with E-state index in [2.05, 4.69) is 43.9 Å². The van der Waals surface area contributed by atoms with E-state index in [1.807, 2.05) is 35.6 Å². The number of aromatic nitrogens is 3. The van der Waals surface area contributed by atoms with Gasteiger partial charge in [-0.15, -0.1) is 11.3 Å². The van der Waals surface area contributed by atoms with Gasteiger partial charge in [0.05, 0.1) is 5.69 Å². The van der Waals surface area contributed by atoms with Crippen LogP contribution in [0.5, 0.6) is 0 Å². The Morgan fingerprint density at radius 2 is 1.79 bits per heavy atom. The number of hydrogen-bond acceptors (Lipinski definition) is 5. The van der Waals surface area contributed by atoms with Gasteiger partial charge in [0.2, 0.25) is 0 Å². The number of nitrogens with one attached hydrogen (secondary N) is 1. The smallest absolute Gasteiger partial charge is 0.255 e. The molecule has 1 aliphatic rings. The number of fused-ring (bicyclic) bond motifs is 1. The first-order valence-corrected chi connectivity index (χ1v) is 10.3. The van der Waals surface area contributed by atoms with Gasteiger partial charge in [-0.2, -0.15) is 5.10 Å². The topological polar surface area (TPSA) is 63.1 Å². The number of hydrogen-bond donors (Lipinski definition) is 1. The van der Waals surface area contributed by atoms with Crippen LogP contribution in [-0.4, -0.2) is 27.2 Å². The van der Waals surface area contributed by atoms with Gasteiger partial charge < -0.3 is 10.2 Å². The molecule has 4 aromatic rings. The molecule has 0 aliphatic carbocycles. The highest BCUT2D eigenvalue weighted by Gasteiger charge is 2.17. The standard InChI is InChI=1S/C22H19N5OS/c28-22(16-1-5-20(6-2-16)27-15-23-14-24-27)25-18-3-7-19(8-4-18)26-11-9-21-17(13-26)10-12-29-21/h1-8,10,12,14-15H,9,11,13H2,(H,25,28). The van der Waals surface area contributed by atoms with Gasteiger partial charge in [0, 0.05) is 34.9 Å². The lowest BCUT2D eigenvalue weighted by molar-refractivity contribution is 0.102. The van der Waals surface area contributed by atoms with Crippen molar-refractivity contribution in [3.8, 4) is 5.69 Å². The summed E-state index contributed by atoms with van der Waals surface area (Å²) >= 11 is 1.85. The average molecular weight is 401 g/mol. The number of thiophene rings is 1. The fraction of sp³-hybridized carbons (Fsp3) is 0.136. The molecule has 7 heteroatoms. The maximum atomic E-state index is 12.6. The lowest BCUT2D eigenvalue weighted by Crippen LogP contribution is -2.29. The van der Waals surface area contributed by atoms with Crippen molar-refractivity contribution in [2.24, 2.45) is 0 Å². The summed E-state index contributed by atoms with van der Waals surface area (Å²) in [5, 5.41) is 9.22. The molecule has 0 saturated heterocycles. The first-order chi connectivity index (χ1) is 14.3. The summed E-state index contributed by atoms with van der Waals surface area (Å²) in [6.07, 6.45) is 4.20. The molecule has 5 rings (SSSR count). The Hall–Kier alpha value is -3.45. The van der Waals surface area contributed by atoms with Crippen LogP contribution in [0.4, 0.5) is 11.4 Å². The van der Waals surface area contributed by atoms with Crippen molar-refractivity contribution in [2.45, 2.75) is 13.0 Å². The van der Waals surface area contributed by atoms with Crippen LogP contribution in [0.25, 0.3) is 5.69 Å². The lowest BCUT2D eigenvalue weighted by atomic mass is 10.1. The third kappa shape index (κ3) is 3.64. The zero-order valence-corrected chi connectivity index (χ0v) is 16.5. The maximum absolute atomic E-state index is 12.6. The molecule has 0 bridgehead atoms. The predicted molar refractivity (Wildman–Crippen MR) is 115 cm³/mol. The van der Waals surface area contributed by atoms with E-state index in [1.165, 1.54) is 22.5 Å². The first-order valence-electron chi connectivity index (χ1n) is 9.43. The molecule has 1 amide bonds. The Morgan fingerprint density at radius 3 is 2.55 bits per heavy atom. The second-order valence-corrected chi connectivity index (χ2v) is 7.93. The molecule has 29 heavy (non-hydrogen) atoms. The molecule has 0 saturated carbocycles. The van der Waals surface area contributed by atoms with E-state index in [4.69, 9.17) is 0 Å². The Bertz CT molecular complexity index is 1120. The average Bonchev–Trinajstić information content (AvgIpc) is 3.46. The minimum Gasteiger partial charge on any atom is -0.367 e. The van der Waals surface area contributed by atoms with Gasteiger partial charge in [-0.25, -0.2) is 9.67 Å². The third-order valence-electron chi connectivity index (χ3n) is 5.11. The van der Waals surface area contributed by atoms with Crippen molar-refractivity contribution in [1.29, 1.82) is 0 Å². The quantitative estimate of drug-likeness (QED) is 0.558. The number of nitrogens with zero attached hydrogens (tertiary/aromatic N) is 4. The van der Waals surface area contributed by atoms with Crippen molar-refractivity contribution in [3.63, 3.8) is 0 Å². The van der Waals surface area contributed by atoms with Crippen LogP contribution in [0.1, 0.15) is 20.8 Å². The summed E-state index contributed by atoms with van der Waals surface area (Å²) in [6, 6.07) is 17.5. The minimum absolute atomic E-state index is 0.135. The fourth-order valence-corrected chi connectivity index (χ4v) is 4.42. The third-order valence-corrected chi connectivity index (χ3v) is 6.13. The van der Waals surface area contributed by atoms with Gasteiger partial charge in [-0.05, 0) is 72.0 Å². The minimum atomic E-state index is -0.135. The molecule has 1 N–H and O–H groups in total. The Kier molecular flexibility index (Phi) is 4.57. The van der Waals surface area contributed by atoms with Crippen molar-refractivity contribution in [3.05, 3.63) is 88.6 Å². The maximum Gasteiger partial charge on any atom is 0.255 e. The van der Waals surface area contributed by atoms with Crippen LogP contribution < -0.4 is 10.2 Å². The van der Waals surface area contributed by atoms with E-state index in [0.717, 1.165) is 30.9 Å². The van der Waals surface area contributed by atoms with Crippen molar-refractivity contribution < 1.29 is 4.79 Å². The second-order valence-electron chi connectivity index (χ2n) is 6.93. The molecular formula is C22H19N5OS. The lowest BCUT2D eigenvalue weighted by Gasteiger charge is -2.29. The van der Waals surface area contributed by atoms with Crippen LogP contribution >= 0.6 is 11.3 Å². The number of benzene rings is 2. The summed E-state index contributed by atoms with van der Waals surface area (Å²) < 4.78 is 1.65. The first kappa shape index (κ1) is 17.6. The molecule has 0 atom stereocenters. The zero-order valence-electron chi connectivity index (χ0n) is 15.7. The molecule has 2 aromatic carbocycles. The zero-order chi connectivity index (χ0) is 19.6. The monoisotopic (exact) mass is 401 g/mol. The van der Waals surface area contributed by atoms with Crippen LogP contribution in [0.3, 0.4) is 0 Å². The Morgan fingerprint density at radius 1 is 1.00 bits per heavy atom. The van der Waals surface area contributed by atoms with Gasteiger partial charge in [-0.1, -0.05) is 0 Å². The molecule has 144 valence electrons. The highest BCUT2D eigenvalue weighted by Crippen LogP contribution is 2.28. The van der Waals surface area contributed by atoms with Crippen LogP contribution in [0.2, 0.25) is 0 Å². The highest BCUT2D eigenvalue weighted by atomic mass is 32.1. The summed E-state index contributed by atoms with van der Waals surface area (Å²) in [5.74, 6) is -0.135. The number of amides is 1. The van der Waals surface area contributed by atoms with E-state index in [0.29, 0.717) is 5.56 Å². The molecule has 0 fully saturated rings. The SMILES string of the molecule is O=C(Nc1ccc(N2CCc3sccc3C2)cc1)c1ccc(-n2cncn2)cc1. The second kappa shape index (κ2) is 7.52. The van der Waals surface area contributed by atoms with Crippen molar-refractivity contribution in [2.75, 3.05) is 16.8 Å². The Balaban J connectivity index is 1.24. The van der Waals surface area contributed by atoms with E-state index in [-0.39, 0.29) is 5.91 Å². The van der Waals surface area contributed by atoms with E-state index < -0.39 is 0 Å². The van der Waals surface area contributed by atoms with Gasteiger partial charge in [0.1, 0.15) is 12.7 Å². The summed E-state index contributed by atoms with van der Waals surface area (Å²) in [6.45, 7) is 1.97. The van der Waals surface area contributed by atoms with Gasteiger partial charge in [0.25, 0.3) is 5.91 Å². The molecule has 0 radical (unpaired) electrons. The van der Waals surface area contributed by atoms with Gasteiger partial charge >= 0.3 is 0 Å². The van der Waals surface area contributed by atoms with Gasteiger partial charge in [-0.3, -0.25) is 4.79 Å². The largest absolute Gasteiger partial charge is 0.367 e. The highest BCUT2D eigenvalue weighted by molar-refractivity contribution is 7.10. The summed E-state index contributed by atoms with van der Waals surface area (Å²) in [4.78, 5) is 20.4. The van der Waals surface area contributed by atoms with Crippen LogP contribution in [0.15, 0.2) is 72.6 Å². The molecular weight excluding hydrogens is 382 g/mol. The molecule has 6 nitrogen and oxygen atoms in total. The van der Waals surface area contributed by atoms with Crippen LogP contribution in [-0.2, 0) is 13.0 Å². The normalized spacial score (nSPS) is 13.2. The van der Waals surface area contributed by atoms with Crippen molar-refractivity contribution in [1.82, 2.24) is 14.8 Å². The molecule has 0 spiro atoms. The molecule has 1 aliphatic heterocycles. The van der Waals surface area contributed by atoms with E-state index in [9.17, 15) is 4.79 Å². The number of rotatable bonds is 4. The molecule has 0 unspecified atom stereocenters. The van der Waals surface area contributed by atoms with Crippen molar-refractivity contribution >= 4 is 28.6 Å². The molecule has 3 heterocycles. The predicted octanol–water partition coefficient (Wildman–Crippen LogP) is 4.14. The van der Waals surface area contributed by atoms with E-state index >= 15 is 0 Å². The van der Waals surface area contributed by atoms with Gasteiger partial charge in [0.15, 0.2) is 0 Å². The fourth-order valence-electron chi connectivity index (χ4n) is 3.53.